The summed E-state index contributed by atoms with van der Waals surface area (Å²) in [6, 6.07) is 11.7. The number of hydrazone groups is 1. The summed E-state index contributed by atoms with van der Waals surface area (Å²) in [6.45, 7) is 1.52. The third kappa shape index (κ3) is 4.50. The second-order valence-corrected chi connectivity index (χ2v) is 10.3. The zero-order valence-electron chi connectivity index (χ0n) is 15.3. The third-order valence-electron chi connectivity index (χ3n) is 4.25. The van der Waals surface area contributed by atoms with Gasteiger partial charge in [0.25, 0.3) is 0 Å². The van der Waals surface area contributed by atoms with E-state index in [1.807, 2.05) is 0 Å². The Balaban J connectivity index is 2.01. The highest BCUT2D eigenvalue weighted by Gasteiger charge is 2.36. The third-order valence-corrected chi connectivity index (χ3v) is 6.50. The monoisotopic (exact) mass is 425 g/mol. The number of sulfonamides is 2. The summed E-state index contributed by atoms with van der Waals surface area (Å²) in [5.74, 6) is -0.607. The molecule has 1 atom stereocenters. The van der Waals surface area contributed by atoms with Gasteiger partial charge in [-0.25, -0.2) is 21.2 Å². The van der Waals surface area contributed by atoms with Gasteiger partial charge in [0.2, 0.25) is 20.0 Å². The van der Waals surface area contributed by atoms with Crippen LogP contribution < -0.4 is 4.72 Å². The van der Waals surface area contributed by atoms with Gasteiger partial charge in [0.1, 0.15) is 5.82 Å². The van der Waals surface area contributed by atoms with E-state index in [0.717, 1.165) is 10.7 Å². The highest BCUT2D eigenvalue weighted by Crippen LogP contribution is 2.35. The van der Waals surface area contributed by atoms with Crippen LogP contribution in [0.2, 0.25) is 0 Å². The van der Waals surface area contributed by atoms with E-state index in [0.29, 0.717) is 22.5 Å². The van der Waals surface area contributed by atoms with Gasteiger partial charge in [-0.2, -0.15) is 9.52 Å². The van der Waals surface area contributed by atoms with Gasteiger partial charge in [-0.15, -0.1) is 0 Å². The van der Waals surface area contributed by atoms with Gasteiger partial charge in [-0.3, -0.25) is 4.72 Å². The summed E-state index contributed by atoms with van der Waals surface area (Å²) >= 11 is 0. The lowest BCUT2D eigenvalue weighted by Crippen LogP contribution is -2.28. The molecule has 0 aromatic heterocycles. The van der Waals surface area contributed by atoms with Crippen molar-refractivity contribution in [2.24, 2.45) is 5.10 Å². The van der Waals surface area contributed by atoms with E-state index in [4.69, 9.17) is 0 Å². The fourth-order valence-corrected chi connectivity index (χ4v) is 4.62. The maximum Gasteiger partial charge on any atom is 0.250 e. The number of nitrogens with zero attached hydrogens (tertiary/aromatic N) is 2. The van der Waals surface area contributed by atoms with Crippen LogP contribution in [-0.2, 0) is 20.0 Å². The molecule has 7 nitrogen and oxygen atoms in total. The Morgan fingerprint density at radius 1 is 1.14 bits per heavy atom. The summed E-state index contributed by atoms with van der Waals surface area (Å²) in [5, 5.41) is 4.29. The van der Waals surface area contributed by atoms with E-state index in [1.165, 1.54) is 25.1 Å². The standard InChI is InChI=1S/C18H20FN3O4S2/c1-3-28(25,26)22-18(14-7-4-8-15(19)10-14)12-17(20-22)13-6-5-9-16(11-13)21-27(2,23)24/h4-11,18,21H,3,12H2,1-2H3/t18-/m1/s1. The predicted octanol–water partition coefficient (Wildman–Crippen LogP) is 2.70. The number of nitrogens with one attached hydrogen (secondary N) is 1. The Morgan fingerprint density at radius 2 is 1.86 bits per heavy atom. The largest absolute Gasteiger partial charge is 0.284 e. The summed E-state index contributed by atoms with van der Waals surface area (Å²) in [4.78, 5) is 0. The topological polar surface area (TPSA) is 95.9 Å². The minimum atomic E-state index is -3.68. The first-order chi connectivity index (χ1) is 13.1. The highest BCUT2D eigenvalue weighted by molar-refractivity contribution is 7.92. The molecule has 1 aliphatic heterocycles. The average molecular weight is 426 g/mol. The van der Waals surface area contributed by atoms with Crippen LogP contribution in [0.5, 0.6) is 0 Å². The number of hydrogen-bond acceptors (Lipinski definition) is 5. The van der Waals surface area contributed by atoms with E-state index in [-0.39, 0.29) is 12.2 Å². The molecule has 0 amide bonds. The Labute approximate surface area is 164 Å². The molecule has 0 unspecified atom stereocenters. The van der Waals surface area contributed by atoms with Crippen LogP contribution in [0.15, 0.2) is 53.6 Å². The number of hydrogen-bond donors (Lipinski definition) is 1. The van der Waals surface area contributed by atoms with Crippen molar-refractivity contribution in [2.45, 2.75) is 19.4 Å². The fraction of sp³-hybridized carbons (Fsp3) is 0.278. The van der Waals surface area contributed by atoms with Gasteiger partial charge >= 0.3 is 0 Å². The van der Waals surface area contributed by atoms with Crippen LogP contribution >= 0.6 is 0 Å². The minimum absolute atomic E-state index is 0.148. The smallest absolute Gasteiger partial charge is 0.250 e. The zero-order chi connectivity index (χ0) is 20.5. The van der Waals surface area contributed by atoms with Gasteiger partial charge < -0.3 is 0 Å². The Morgan fingerprint density at radius 3 is 2.50 bits per heavy atom. The summed E-state index contributed by atoms with van der Waals surface area (Å²) < 4.78 is 65.1. The quantitative estimate of drug-likeness (QED) is 0.770. The first-order valence-corrected chi connectivity index (χ1v) is 12.0. The molecule has 2 aromatic carbocycles. The first-order valence-electron chi connectivity index (χ1n) is 8.52. The van der Waals surface area contributed by atoms with Crippen molar-refractivity contribution < 1.29 is 21.2 Å². The van der Waals surface area contributed by atoms with E-state index in [2.05, 4.69) is 9.82 Å². The van der Waals surface area contributed by atoms with E-state index < -0.39 is 31.9 Å². The van der Waals surface area contributed by atoms with Crippen LogP contribution in [0.3, 0.4) is 0 Å². The Hall–Kier alpha value is -2.46. The maximum absolute atomic E-state index is 13.7. The molecule has 0 saturated carbocycles. The molecular weight excluding hydrogens is 405 g/mol. The molecule has 1 N–H and O–H groups in total. The summed E-state index contributed by atoms with van der Waals surface area (Å²) in [7, 11) is -7.13. The van der Waals surface area contributed by atoms with Gasteiger partial charge in [0.15, 0.2) is 0 Å². The molecule has 1 heterocycles. The van der Waals surface area contributed by atoms with E-state index >= 15 is 0 Å². The summed E-state index contributed by atoms with van der Waals surface area (Å²) in [5.41, 5.74) is 1.91. The van der Waals surface area contributed by atoms with Crippen molar-refractivity contribution >= 4 is 31.4 Å². The molecule has 28 heavy (non-hydrogen) atoms. The van der Waals surface area contributed by atoms with E-state index in [9.17, 15) is 21.2 Å². The van der Waals surface area contributed by atoms with Crippen LogP contribution in [-0.4, -0.2) is 39.0 Å². The predicted molar refractivity (Wildman–Crippen MR) is 107 cm³/mol. The van der Waals surface area contributed by atoms with Crippen LogP contribution in [0.1, 0.15) is 30.5 Å². The molecule has 0 aliphatic carbocycles. The van der Waals surface area contributed by atoms with Gasteiger partial charge in [-0.05, 0) is 42.3 Å². The number of halogens is 1. The number of benzene rings is 2. The summed E-state index contributed by atoms with van der Waals surface area (Å²) in [6.07, 6.45) is 1.29. The molecule has 1 aliphatic rings. The second-order valence-electron chi connectivity index (χ2n) is 6.45. The SMILES string of the molecule is CCS(=O)(=O)N1N=C(c2cccc(NS(C)(=O)=O)c2)C[C@@H]1c1cccc(F)c1. The lowest BCUT2D eigenvalue weighted by Gasteiger charge is -2.22. The minimum Gasteiger partial charge on any atom is -0.284 e. The normalized spacial score (nSPS) is 17.5. The molecule has 3 rings (SSSR count). The lowest BCUT2D eigenvalue weighted by atomic mass is 9.99. The molecule has 0 fully saturated rings. The molecule has 10 heteroatoms. The van der Waals surface area contributed by atoms with Crippen molar-refractivity contribution in [3.8, 4) is 0 Å². The van der Waals surface area contributed by atoms with Crippen LogP contribution in [0, 0.1) is 5.82 Å². The number of anilines is 1. The Bertz CT molecular complexity index is 1130. The molecule has 0 saturated heterocycles. The second kappa shape index (κ2) is 7.51. The molecule has 0 bridgehead atoms. The van der Waals surface area contributed by atoms with Crippen molar-refractivity contribution in [3.05, 3.63) is 65.5 Å². The van der Waals surface area contributed by atoms with Crippen LogP contribution in [0.25, 0.3) is 0 Å². The van der Waals surface area contributed by atoms with Crippen molar-refractivity contribution in [2.75, 3.05) is 16.7 Å². The molecule has 0 radical (unpaired) electrons. The molecule has 2 aromatic rings. The molecule has 0 spiro atoms. The van der Waals surface area contributed by atoms with E-state index in [1.54, 1.807) is 30.3 Å². The molecular formula is C18H20FN3O4S2. The van der Waals surface area contributed by atoms with Gasteiger partial charge in [-0.1, -0.05) is 24.3 Å². The lowest BCUT2D eigenvalue weighted by molar-refractivity contribution is 0.371. The molecule has 150 valence electrons. The Kier molecular flexibility index (Phi) is 5.44. The van der Waals surface area contributed by atoms with Crippen LogP contribution in [0.4, 0.5) is 10.1 Å². The van der Waals surface area contributed by atoms with Gasteiger partial charge in [0.05, 0.1) is 23.8 Å². The number of rotatable bonds is 6. The fourth-order valence-electron chi connectivity index (χ4n) is 2.99. The maximum atomic E-state index is 13.7. The first kappa shape index (κ1) is 20.3. The average Bonchev–Trinajstić information content (AvgIpc) is 3.07. The zero-order valence-corrected chi connectivity index (χ0v) is 17.0. The van der Waals surface area contributed by atoms with Crippen molar-refractivity contribution in [1.29, 1.82) is 0 Å². The highest BCUT2D eigenvalue weighted by atomic mass is 32.2. The van der Waals surface area contributed by atoms with Crippen molar-refractivity contribution in [1.82, 2.24) is 4.41 Å². The van der Waals surface area contributed by atoms with Crippen molar-refractivity contribution in [3.63, 3.8) is 0 Å². The van der Waals surface area contributed by atoms with Gasteiger partial charge in [0, 0.05) is 12.1 Å².